The first-order valence-corrected chi connectivity index (χ1v) is 5.59. The fraction of sp³-hybridized carbons (Fsp3) is 0.500. The van der Waals surface area contributed by atoms with E-state index in [9.17, 15) is 9.90 Å². The van der Waals surface area contributed by atoms with E-state index in [0.717, 1.165) is 25.7 Å². The quantitative estimate of drug-likeness (QED) is 0.802. The molecular weight excluding hydrogens is 204 g/mol. The van der Waals surface area contributed by atoms with E-state index in [2.05, 4.69) is 10.3 Å². The first kappa shape index (κ1) is 11.1. The molecule has 0 spiro atoms. The summed E-state index contributed by atoms with van der Waals surface area (Å²) in [5.41, 5.74) is 0.190. The van der Waals surface area contributed by atoms with E-state index >= 15 is 0 Å². The van der Waals surface area contributed by atoms with Gasteiger partial charge in [-0.3, -0.25) is 9.78 Å². The molecule has 2 N–H and O–H groups in total. The van der Waals surface area contributed by atoms with Crippen molar-refractivity contribution in [1.82, 2.24) is 10.3 Å². The van der Waals surface area contributed by atoms with Gasteiger partial charge >= 0.3 is 0 Å². The Morgan fingerprint density at radius 3 is 2.56 bits per heavy atom. The van der Waals surface area contributed by atoms with Crippen LogP contribution in [0.15, 0.2) is 24.5 Å². The molecule has 0 saturated heterocycles. The number of amides is 1. The highest BCUT2D eigenvalue weighted by molar-refractivity contribution is 5.94. The zero-order valence-corrected chi connectivity index (χ0v) is 9.15. The van der Waals surface area contributed by atoms with Gasteiger partial charge in [-0.05, 0) is 25.0 Å². The number of hydrogen-bond donors (Lipinski definition) is 2. The molecule has 86 valence electrons. The van der Waals surface area contributed by atoms with Crippen LogP contribution in [0, 0.1) is 0 Å². The third kappa shape index (κ3) is 2.22. The fourth-order valence-corrected chi connectivity index (χ4v) is 2.19. The maximum absolute atomic E-state index is 11.9. The van der Waals surface area contributed by atoms with E-state index in [-0.39, 0.29) is 12.5 Å². The van der Waals surface area contributed by atoms with Gasteiger partial charge in [-0.1, -0.05) is 12.8 Å². The molecule has 1 aromatic rings. The standard InChI is InChI=1S/C12H16N2O2/c15-9-12(5-1-2-6-12)14-11(16)10-3-7-13-8-4-10/h3-4,7-8,15H,1-2,5-6,9H2,(H,14,16). The van der Waals surface area contributed by atoms with Crippen LogP contribution in [0.25, 0.3) is 0 Å². The number of aliphatic hydroxyl groups excluding tert-OH is 1. The molecule has 1 aromatic heterocycles. The maximum Gasteiger partial charge on any atom is 0.251 e. The third-order valence-corrected chi connectivity index (χ3v) is 3.18. The molecule has 1 saturated carbocycles. The van der Waals surface area contributed by atoms with E-state index in [1.54, 1.807) is 24.5 Å². The van der Waals surface area contributed by atoms with Crippen LogP contribution in [-0.2, 0) is 0 Å². The Balaban J connectivity index is 2.07. The molecule has 0 aliphatic heterocycles. The van der Waals surface area contributed by atoms with E-state index in [1.165, 1.54) is 0 Å². The molecule has 1 aliphatic rings. The fourth-order valence-electron chi connectivity index (χ4n) is 2.19. The minimum absolute atomic E-state index is 0.0177. The Morgan fingerprint density at radius 2 is 2.00 bits per heavy atom. The first-order chi connectivity index (χ1) is 7.76. The molecule has 0 radical (unpaired) electrons. The van der Waals surface area contributed by atoms with Crippen molar-refractivity contribution in [3.63, 3.8) is 0 Å². The first-order valence-electron chi connectivity index (χ1n) is 5.59. The lowest BCUT2D eigenvalue weighted by molar-refractivity contribution is 0.0838. The van der Waals surface area contributed by atoms with Gasteiger partial charge in [-0.25, -0.2) is 0 Å². The van der Waals surface area contributed by atoms with Crippen molar-refractivity contribution in [1.29, 1.82) is 0 Å². The van der Waals surface area contributed by atoms with Crippen molar-refractivity contribution < 1.29 is 9.90 Å². The average Bonchev–Trinajstić information content (AvgIpc) is 2.79. The van der Waals surface area contributed by atoms with Crippen molar-refractivity contribution in [2.45, 2.75) is 31.2 Å². The molecule has 4 nitrogen and oxygen atoms in total. The molecule has 1 aliphatic carbocycles. The predicted octanol–water partition coefficient (Wildman–Crippen LogP) is 1.12. The van der Waals surface area contributed by atoms with Gasteiger partial charge in [-0.15, -0.1) is 0 Å². The van der Waals surface area contributed by atoms with Gasteiger partial charge in [0.25, 0.3) is 5.91 Å². The van der Waals surface area contributed by atoms with Crippen LogP contribution in [0.4, 0.5) is 0 Å². The van der Waals surface area contributed by atoms with Crippen LogP contribution in [0.5, 0.6) is 0 Å². The summed E-state index contributed by atoms with van der Waals surface area (Å²) in [6.45, 7) is 0.0177. The van der Waals surface area contributed by atoms with Crippen LogP contribution in [0.1, 0.15) is 36.0 Å². The smallest absolute Gasteiger partial charge is 0.251 e. The number of pyridine rings is 1. The SMILES string of the molecule is O=C(NC1(CO)CCCC1)c1ccncc1. The second-order valence-electron chi connectivity index (χ2n) is 4.34. The van der Waals surface area contributed by atoms with Gasteiger partial charge in [0, 0.05) is 18.0 Å². The summed E-state index contributed by atoms with van der Waals surface area (Å²) in [4.78, 5) is 15.8. The van der Waals surface area contributed by atoms with Gasteiger partial charge in [0.2, 0.25) is 0 Å². The molecule has 0 atom stereocenters. The Labute approximate surface area is 94.7 Å². The number of aromatic nitrogens is 1. The average molecular weight is 220 g/mol. The van der Waals surface area contributed by atoms with Crippen molar-refractivity contribution >= 4 is 5.91 Å². The number of rotatable bonds is 3. The molecule has 1 heterocycles. The molecule has 1 amide bonds. The number of nitrogens with one attached hydrogen (secondary N) is 1. The van der Waals surface area contributed by atoms with Gasteiger partial charge in [0.1, 0.15) is 0 Å². The monoisotopic (exact) mass is 220 g/mol. The molecule has 0 bridgehead atoms. The lowest BCUT2D eigenvalue weighted by Gasteiger charge is -2.27. The van der Waals surface area contributed by atoms with E-state index in [4.69, 9.17) is 0 Å². The van der Waals surface area contributed by atoms with Crippen molar-refractivity contribution in [3.8, 4) is 0 Å². The van der Waals surface area contributed by atoms with Crippen LogP contribution < -0.4 is 5.32 Å². The highest BCUT2D eigenvalue weighted by Gasteiger charge is 2.34. The molecule has 16 heavy (non-hydrogen) atoms. The zero-order valence-electron chi connectivity index (χ0n) is 9.15. The molecule has 1 fully saturated rings. The van der Waals surface area contributed by atoms with Gasteiger partial charge in [0.15, 0.2) is 0 Å². The summed E-state index contributed by atoms with van der Waals surface area (Å²) in [7, 11) is 0. The lowest BCUT2D eigenvalue weighted by atomic mass is 9.98. The van der Waals surface area contributed by atoms with Crippen LogP contribution in [0.3, 0.4) is 0 Å². The summed E-state index contributed by atoms with van der Waals surface area (Å²) in [6.07, 6.45) is 7.04. The minimum Gasteiger partial charge on any atom is -0.394 e. The predicted molar refractivity (Wildman–Crippen MR) is 60.0 cm³/mol. The Kier molecular flexibility index (Phi) is 3.19. The third-order valence-electron chi connectivity index (χ3n) is 3.18. The normalized spacial score (nSPS) is 18.3. The Morgan fingerprint density at radius 1 is 1.38 bits per heavy atom. The van der Waals surface area contributed by atoms with Gasteiger partial charge < -0.3 is 10.4 Å². The second kappa shape index (κ2) is 4.61. The Bertz CT molecular complexity index is 359. The van der Waals surface area contributed by atoms with E-state index < -0.39 is 5.54 Å². The number of aliphatic hydroxyl groups is 1. The van der Waals surface area contributed by atoms with E-state index in [0.29, 0.717) is 5.56 Å². The second-order valence-corrected chi connectivity index (χ2v) is 4.34. The van der Waals surface area contributed by atoms with Crippen molar-refractivity contribution in [2.75, 3.05) is 6.61 Å². The minimum atomic E-state index is -0.402. The van der Waals surface area contributed by atoms with Crippen LogP contribution in [0.2, 0.25) is 0 Å². The van der Waals surface area contributed by atoms with Crippen LogP contribution in [-0.4, -0.2) is 28.1 Å². The molecular formula is C12H16N2O2. The largest absolute Gasteiger partial charge is 0.394 e. The zero-order chi connectivity index (χ0) is 11.4. The Hall–Kier alpha value is -1.42. The molecule has 2 rings (SSSR count). The molecule has 4 heteroatoms. The summed E-state index contributed by atoms with van der Waals surface area (Å²) < 4.78 is 0. The number of carbonyl (C=O) groups excluding carboxylic acids is 1. The topological polar surface area (TPSA) is 62.2 Å². The van der Waals surface area contributed by atoms with Crippen molar-refractivity contribution in [3.05, 3.63) is 30.1 Å². The molecule has 0 aromatic carbocycles. The lowest BCUT2D eigenvalue weighted by Crippen LogP contribution is -2.49. The summed E-state index contributed by atoms with van der Waals surface area (Å²) in [6, 6.07) is 3.35. The van der Waals surface area contributed by atoms with Gasteiger partial charge in [-0.2, -0.15) is 0 Å². The van der Waals surface area contributed by atoms with Gasteiger partial charge in [0.05, 0.1) is 12.1 Å². The van der Waals surface area contributed by atoms with E-state index in [1.807, 2.05) is 0 Å². The summed E-state index contributed by atoms with van der Waals surface area (Å²) in [5.74, 6) is -0.127. The highest BCUT2D eigenvalue weighted by atomic mass is 16.3. The number of carbonyl (C=O) groups is 1. The molecule has 0 unspecified atom stereocenters. The number of hydrogen-bond acceptors (Lipinski definition) is 3. The summed E-state index contributed by atoms with van der Waals surface area (Å²) >= 11 is 0. The van der Waals surface area contributed by atoms with Crippen LogP contribution >= 0.6 is 0 Å². The van der Waals surface area contributed by atoms with Crippen molar-refractivity contribution in [2.24, 2.45) is 0 Å². The highest BCUT2D eigenvalue weighted by Crippen LogP contribution is 2.29. The summed E-state index contributed by atoms with van der Waals surface area (Å²) in [5, 5.41) is 12.3. The number of nitrogens with zero attached hydrogens (tertiary/aromatic N) is 1. The maximum atomic E-state index is 11.9.